The minimum atomic E-state index is -0.753. The number of nitrogens with one attached hydrogen (secondary N) is 2. The second-order valence-corrected chi connectivity index (χ2v) is 10.9. The van der Waals surface area contributed by atoms with Crippen molar-refractivity contribution in [1.82, 2.24) is 30.5 Å². The number of carbonyl (C=O) groups is 4. The number of nitrogens with zero attached hydrogens (tertiary/aromatic N) is 4. The number of halogens is 1. The number of rotatable bonds is 10. The lowest BCUT2D eigenvalue weighted by Gasteiger charge is -2.55. The molecule has 2 saturated heterocycles. The lowest BCUT2D eigenvalue weighted by molar-refractivity contribution is -0.188. The van der Waals surface area contributed by atoms with Gasteiger partial charge in [0.05, 0.1) is 13.1 Å². The molecular formula is C29H41FN6O5. The number of amides is 5. The highest BCUT2D eigenvalue weighted by Gasteiger charge is 2.50. The molecule has 11 nitrogen and oxygen atoms in total. The Morgan fingerprint density at radius 2 is 1.85 bits per heavy atom. The number of piperazine rings is 1. The van der Waals surface area contributed by atoms with Gasteiger partial charge in [-0.05, 0) is 49.3 Å². The Balaban J connectivity index is 1.50. The van der Waals surface area contributed by atoms with E-state index in [2.05, 4.69) is 17.2 Å². The molecule has 3 aliphatic rings. The number of hydrogen-bond acceptors (Lipinski definition) is 6. The first-order valence-corrected chi connectivity index (χ1v) is 14.4. The third-order valence-corrected chi connectivity index (χ3v) is 7.96. The Morgan fingerprint density at radius 1 is 1.12 bits per heavy atom. The first kappa shape index (κ1) is 30.3. The molecule has 2 N–H and O–H groups in total. The van der Waals surface area contributed by atoms with Crippen LogP contribution in [0, 0.1) is 11.7 Å². The van der Waals surface area contributed by atoms with E-state index >= 15 is 0 Å². The van der Waals surface area contributed by atoms with Crippen LogP contribution in [-0.2, 0) is 20.9 Å². The summed E-state index contributed by atoms with van der Waals surface area (Å²) in [6.45, 7) is 4.83. The molecule has 2 atom stereocenters. The van der Waals surface area contributed by atoms with Crippen molar-refractivity contribution in [2.75, 3.05) is 39.8 Å². The summed E-state index contributed by atoms with van der Waals surface area (Å²) in [5, 5.41) is 8.65. The van der Waals surface area contributed by atoms with Crippen LogP contribution in [0.5, 0.6) is 0 Å². The summed E-state index contributed by atoms with van der Waals surface area (Å²) in [5.41, 5.74) is 0.738. The molecule has 1 aromatic rings. The highest BCUT2D eigenvalue weighted by atomic mass is 19.1. The third-order valence-electron chi connectivity index (χ3n) is 7.96. The van der Waals surface area contributed by atoms with Gasteiger partial charge in [-0.3, -0.25) is 9.59 Å². The Labute approximate surface area is 240 Å². The fraction of sp³-hybridized carbons (Fsp3) is 0.586. The van der Waals surface area contributed by atoms with E-state index in [0.29, 0.717) is 25.3 Å². The number of benzene rings is 1. The molecule has 0 radical (unpaired) electrons. The van der Waals surface area contributed by atoms with Crippen LogP contribution in [0.25, 0.3) is 0 Å². The first-order chi connectivity index (χ1) is 19.8. The monoisotopic (exact) mass is 572 g/mol. The van der Waals surface area contributed by atoms with Crippen molar-refractivity contribution in [2.24, 2.45) is 5.92 Å². The van der Waals surface area contributed by atoms with Gasteiger partial charge in [-0.25, -0.2) is 24.0 Å². The van der Waals surface area contributed by atoms with Crippen molar-refractivity contribution < 1.29 is 28.3 Å². The lowest BCUT2D eigenvalue weighted by Crippen LogP contribution is -2.76. The maximum Gasteiger partial charge on any atom is 0.407 e. The molecule has 0 spiro atoms. The molecular weight excluding hydrogens is 531 g/mol. The van der Waals surface area contributed by atoms with Gasteiger partial charge in [0.25, 0.3) is 0 Å². The largest absolute Gasteiger partial charge is 0.445 e. The molecule has 1 unspecified atom stereocenters. The van der Waals surface area contributed by atoms with E-state index in [1.54, 1.807) is 29.1 Å². The zero-order valence-electron chi connectivity index (χ0n) is 23.7. The van der Waals surface area contributed by atoms with E-state index < -0.39 is 24.3 Å². The standard InChI is InChI=1S/C29H41FN6O5/c1-3-16-41-29(40)31-15-7-10-24-27(38)34(18-22-8-5-4-6-9-22)19-25-35(24)26(37)20-33(2)36(25)28(39)32-17-21-11-13-23(30)14-12-21/h3,11-14,22,24-25H,1,4-10,15-20H2,2H3,(H,31,40)(H,32,39)/t24-,25?/m0/s1. The molecule has 5 amide bonds. The predicted octanol–water partition coefficient (Wildman–Crippen LogP) is 2.84. The number of urea groups is 1. The molecule has 0 bridgehead atoms. The molecule has 4 rings (SSSR count). The van der Waals surface area contributed by atoms with Crippen LogP contribution < -0.4 is 10.6 Å². The highest BCUT2D eigenvalue weighted by Crippen LogP contribution is 2.31. The minimum Gasteiger partial charge on any atom is -0.445 e. The fourth-order valence-electron chi connectivity index (χ4n) is 5.96. The molecule has 1 aliphatic carbocycles. The normalized spacial score (nSPS) is 21.9. The summed E-state index contributed by atoms with van der Waals surface area (Å²) in [7, 11) is 1.68. The van der Waals surface area contributed by atoms with Crippen LogP contribution in [0.1, 0.15) is 50.5 Å². The zero-order chi connectivity index (χ0) is 29.4. The average Bonchev–Trinajstić information content (AvgIpc) is 2.96. The van der Waals surface area contributed by atoms with E-state index in [0.717, 1.165) is 31.2 Å². The van der Waals surface area contributed by atoms with Crippen LogP contribution in [-0.4, -0.2) is 95.8 Å². The summed E-state index contributed by atoms with van der Waals surface area (Å²) in [4.78, 5) is 55.8. The first-order valence-electron chi connectivity index (χ1n) is 14.4. The lowest BCUT2D eigenvalue weighted by atomic mass is 9.88. The van der Waals surface area contributed by atoms with Gasteiger partial charge in [-0.1, -0.05) is 44.1 Å². The van der Waals surface area contributed by atoms with Crippen molar-refractivity contribution in [3.05, 3.63) is 48.3 Å². The molecule has 224 valence electrons. The van der Waals surface area contributed by atoms with Crippen molar-refractivity contribution in [3.63, 3.8) is 0 Å². The molecule has 3 fully saturated rings. The molecule has 41 heavy (non-hydrogen) atoms. The van der Waals surface area contributed by atoms with Crippen molar-refractivity contribution in [3.8, 4) is 0 Å². The number of ether oxygens (including phenoxy) is 1. The summed E-state index contributed by atoms with van der Waals surface area (Å²) >= 11 is 0. The Hall–Kier alpha value is -3.67. The SMILES string of the molecule is C=CCOC(=O)NCCC[C@H]1C(=O)N(CC2CCCCC2)CC2N1C(=O)CN(C)N2C(=O)NCc1ccc(F)cc1. The van der Waals surface area contributed by atoms with Crippen molar-refractivity contribution >= 4 is 23.9 Å². The minimum absolute atomic E-state index is 0.0565. The molecule has 2 aliphatic heterocycles. The quantitative estimate of drug-likeness (QED) is 0.329. The molecule has 2 heterocycles. The molecule has 1 aromatic carbocycles. The van der Waals surface area contributed by atoms with Crippen LogP contribution in [0.4, 0.5) is 14.0 Å². The molecule has 1 saturated carbocycles. The number of fused-ring (bicyclic) bond motifs is 1. The molecule has 12 heteroatoms. The van der Waals surface area contributed by atoms with E-state index in [1.807, 2.05) is 4.90 Å². The number of carbonyl (C=O) groups excluding carboxylic acids is 4. The van der Waals surface area contributed by atoms with E-state index in [4.69, 9.17) is 4.74 Å². The van der Waals surface area contributed by atoms with Crippen LogP contribution in [0.2, 0.25) is 0 Å². The van der Waals surface area contributed by atoms with Gasteiger partial charge >= 0.3 is 12.1 Å². The Bertz CT molecular complexity index is 1100. The van der Waals surface area contributed by atoms with E-state index in [1.165, 1.54) is 29.6 Å². The Morgan fingerprint density at radius 3 is 2.56 bits per heavy atom. The van der Waals surface area contributed by atoms with Gasteiger partial charge < -0.3 is 25.2 Å². The number of hydrazine groups is 1. The van der Waals surface area contributed by atoms with E-state index in [-0.39, 0.29) is 50.4 Å². The average molecular weight is 573 g/mol. The summed E-state index contributed by atoms with van der Waals surface area (Å²) in [6, 6.07) is 4.72. The van der Waals surface area contributed by atoms with Gasteiger partial charge in [-0.15, -0.1) is 0 Å². The predicted molar refractivity (Wildman–Crippen MR) is 149 cm³/mol. The van der Waals surface area contributed by atoms with Crippen LogP contribution >= 0.6 is 0 Å². The number of hydrogen-bond donors (Lipinski definition) is 2. The van der Waals surface area contributed by atoms with Gasteiger partial charge in [0, 0.05) is 26.7 Å². The summed E-state index contributed by atoms with van der Waals surface area (Å²) in [6.07, 6.45) is 6.59. The topological polar surface area (TPSA) is 115 Å². The molecule has 0 aromatic heterocycles. The summed E-state index contributed by atoms with van der Waals surface area (Å²) < 4.78 is 18.3. The smallest absolute Gasteiger partial charge is 0.407 e. The third kappa shape index (κ3) is 7.75. The van der Waals surface area contributed by atoms with Crippen LogP contribution in [0.3, 0.4) is 0 Å². The maximum absolute atomic E-state index is 13.8. The summed E-state index contributed by atoms with van der Waals surface area (Å²) in [5.74, 6) is -0.316. The fourth-order valence-corrected chi connectivity index (χ4v) is 5.96. The van der Waals surface area contributed by atoms with Gasteiger partial charge in [0.15, 0.2) is 0 Å². The zero-order valence-corrected chi connectivity index (χ0v) is 23.7. The maximum atomic E-state index is 13.8. The second-order valence-electron chi connectivity index (χ2n) is 10.9. The Kier molecular flexibility index (Phi) is 10.6. The highest BCUT2D eigenvalue weighted by molar-refractivity contribution is 5.91. The van der Waals surface area contributed by atoms with Gasteiger partial charge in [0.1, 0.15) is 24.6 Å². The van der Waals surface area contributed by atoms with Crippen molar-refractivity contribution in [2.45, 2.75) is 63.7 Å². The van der Waals surface area contributed by atoms with Crippen molar-refractivity contribution in [1.29, 1.82) is 0 Å². The van der Waals surface area contributed by atoms with Gasteiger partial charge in [-0.2, -0.15) is 0 Å². The van der Waals surface area contributed by atoms with Gasteiger partial charge in [0.2, 0.25) is 11.8 Å². The number of alkyl carbamates (subject to hydrolysis) is 1. The van der Waals surface area contributed by atoms with Crippen LogP contribution in [0.15, 0.2) is 36.9 Å². The second kappa shape index (κ2) is 14.3. The van der Waals surface area contributed by atoms with E-state index in [9.17, 15) is 23.6 Å². The number of likely N-dealkylation sites (N-methyl/N-ethyl adjacent to an activating group) is 1.